The number of phenols is 8. The second kappa shape index (κ2) is 31.4. The lowest BCUT2D eigenvalue weighted by molar-refractivity contribution is 0.384. The Bertz CT molecular complexity index is 4600. The quantitative estimate of drug-likeness (QED) is 0.0561. The fourth-order valence-corrected chi connectivity index (χ4v) is 12.2. The zero-order chi connectivity index (χ0) is 72.3. The molecule has 12 aromatic rings. The average Bonchev–Trinajstić information content (AvgIpc) is 0.726. The van der Waals surface area contributed by atoms with E-state index in [-0.39, 0.29) is 49.7 Å². The Morgan fingerprint density at radius 2 is 0.592 bits per heavy atom. The fraction of sp³-hybridized carbons (Fsp3) is 0.333. The monoisotopic (exact) mass is 1320 g/mol. The van der Waals surface area contributed by atoms with Gasteiger partial charge in [-0.15, -0.1) is 0 Å². The first-order valence-corrected chi connectivity index (χ1v) is 34.9. The molecule has 8 heteroatoms. The topological polar surface area (TPSA) is 162 Å². The van der Waals surface area contributed by atoms with Crippen LogP contribution in [-0.4, -0.2) is 40.9 Å². The van der Waals surface area contributed by atoms with Crippen LogP contribution in [-0.2, 0) is 32.5 Å². The number of rotatable bonds is 12. The van der Waals surface area contributed by atoms with Crippen LogP contribution in [0.3, 0.4) is 0 Å². The van der Waals surface area contributed by atoms with Crippen molar-refractivity contribution in [2.45, 2.75) is 196 Å². The lowest BCUT2D eigenvalue weighted by Gasteiger charge is -2.27. The number of benzene rings is 12. The third-order valence-electron chi connectivity index (χ3n) is 21.1. The maximum atomic E-state index is 10.6. The highest BCUT2D eigenvalue weighted by molar-refractivity contribution is 6.09. The fourth-order valence-electron chi connectivity index (χ4n) is 12.2. The summed E-state index contributed by atoms with van der Waals surface area (Å²) in [5.41, 5.74) is 7.45. The van der Waals surface area contributed by atoms with Crippen molar-refractivity contribution in [2.75, 3.05) is 0 Å². The molecule has 0 radical (unpaired) electrons. The van der Waals surface area contributed by atoms with Crippen molar-refractivity contribution in [3.05, 3.63) is 240 Å². The van der Waals surface area contributed by atoms with E-state index in [1.807, 2.05) is 130 Å². The summed E-state index contributed by atoms with van der Waals surface area (Å²) in [6, 6.07) is 66.7. The van der Waals surface area contributed by atoms with Crippen LogP contribution in [0.25, 0.3) is 64.6 Å². The molecule has 8 N–H and O–H groups in total. The molecule has 0 fully saturated rings. The Morgan fingerprint density at radius 1 is 0.224 bits per heavy atom. The van der Waals surface area contributed by atoms with Crippen LogP contribution in [0.1, 0.15) is 197 Å². The van der Waals surface area contributed by atoms with E-state index >= 15 is 0 Å². The summed E-state index contributed by atoms with van der Waals surface area (Å²) in [5, 5.41) is 90.6. The van der Waals surface area contributed by atoms with Crippen molar-refractivity contribution in [3.63, 3.8) is 0 Å². The molecule has 0 bridgehead atoms. The van der Waals surface area contributed by atoms with E-state index < -0.39 is 0 Å². The van der Waals surface area contributed by atoms with Gasteiger partial charge >= 0.3 is 0 Å². The second-order valence-electron chi connectivity index (χ2n) is 30.0. The van der Waals surface area contributed by atoms with Crippen LogP contribution < -0.4 is 0 Å². The molecule has 0 aliphatic heterocycles. The van der Waals surface area contributed by atoms with Crippen molar-refractivity contribution in [1.29, 1.82) is 0 Å². The Hall–Kier alpha value is -9.40. The molecule has 0 spiro atoms. The Morgan fingerprint density at radius 3 is 1.12 bits per heavy atom. The number of hydrogen-bond acceptors (Lipinski definition) is 8. The van der Waals surface area contributed by atoms with E-state index in [1.54, 1.807) is 24.3 Å². The van der Waals surface area contributed by atoms with Gasteiger partial charge in [0.25, 0.3) is 0 Å². The van der Waals surface area contributed by atoms with E-state index in [1.165, 1.54) is 45.3 Å². The number of fused-ring (bicyclic) bond motifs is 6. The smallest absolute Gasteiger partial charge is 0.131 e. The van der Waals surface area contributed by atoms with Gasteiger partial charge in [0.2, 0.25) is 0 Å². The zero-order valence-corrected chi connectivity index (χ0v) is 61.5. The van der Waals surface area contributed by atoms with Gasteiger partial charge < -0.3 is 40.9 Å². The van der Waals surface area contributed by atoms with E-state index in [0.29, 0.717) is 34.3 Å². The molecule has 0 amide bonds. The first-order valence-electron chi connectivity index (χ1n) is 34.9. The van der Waals surface area contributed by atoms with Gasteiger partial charge in [0.15, 0.2) is 0 Å². The SMILES string of the molecule is CCC(C)(C)c1c(O)cc(O)cc1O.CCC(C)(C)c1c2ccccc2c(O)c2ccccc12.CCC(C)(C)c1cc(O)c2ccccc2c1.CCC(C)(C)c1ccc2c(O)cccc2c1.CCC(C)(C)c1ccc2cc(O)ccc2c1.CCC(C)(C)c1cccc2c(O)cccc12. The minimum absolute atomic E-state index is 0.0608. The minimum Gasteiger partial charge on any atom is -0.508 e. The largest absolute Gasteiger partial charge is 0.508 e. The van der Waals surface area contributed by atoms with Gasteiger partial charge in [0, 0.05) is 44.6 Å². The maximum absolute atomic E-state index is 10.6. The molecular formula is C90H108O8. The van der Waals surface area contributed by atoms with Crippen LogP contribution in [0, 0.1) is 0 Å². The normalized spacial score (nSPS) is 11.9. The molecule has 0 saturated heterocycles. The molecule has 12 aromatic carbocycles. The summed E-state index contributed by atoms with van der Waals surface area (Å²) in [7, 11) is 0. The van der Waals surface area contributed by atoms with E-state index in [2.05, 4.69) is 165 Å². The van der Waals surface area contributed by atoms with Crippen molar-refractivity contribution in [3.8, 4) is 46.0 Å². The van der Waals surface area contributed by atoms with Gasteiger partial charge in [-0.25, -0.2) is 0 Å². The molecule has 8 nitrogen and oxygen atoms in total. The van der Waals surface area contributed by atoms with Gasteiger partial charge in [-0.1, -0.05) is 288 Å². The predicted octanol–water partition coefficient (Wildman–Crippen LogP) is 24.8. The molecule has 0 heterocycles. The highest BCUT2D eigenvalue weighted by Crippen LogP contribution is 2.45. The van der Waals surface area contributed by atoms with Gasteiger partial charge in [0.05, 0.1) is 0 Å². The molecule has 12 rings (SSSR count). The van der Waals surface area contributed by atoms with Crippen LogP contribution in [0.5, 0.6) is 46.0 Å². The number of hydrogen-bond donors (Lipinski definition) is 8. The molecule has 0 atom stereocenters. The summed E-state index contributed by atoms with van der Waals surface area (Å²) in [6.07, 6.45) is 6.23. The molecule has 98 heavy (non-hydrogen) atoms. The van der Waals surface area contributed by atoms with Crippen LogP contribution in [0.4, 0.5) is 0 Å². The van der Waals surface area contributed by atoms with Gasteiger partial charge in [-0.3, -0.25) is 0 Å². The summed E-state index contributed by atoms with van der Waals surface area (Å²) >= 11 is 0. The first kappa shape index (κ1) is 76.0. The Labute approximate surface area is 583 Å². The summed E-state index contributed by atoms with van der Waals surface area (Å²) in [5.74, 6) is 1.58. The highest BCUT2D eigenvalue weighted by Gasteiger charge is 2.28. The van der Waals surface area contributed by atoms with E-state index in [9.17, 15) is 35.7 Å². The highest BCUT2D eigenvalue weighted by atomic mass is 16.3. The van der Waals surface area contributed by atoms with Gasteiger partial charge in [-0.05, 0) is 167 Å². The third-order valence-corrected chi connectivity index (χ3v) is 21.1. The molecule has 0 unspecified atom stereocenters. The van der Waals surface area contributed by atoms with E-state index in [0.717, 1.165) is 97.8 Å². The Balaban J connectivity index is 0.000000166. The minimum atomic E-state index is -0.304. The standard InChI is InChI=1S/C19H20O.4C15H18O.C11H16O3/c1-4-19(2,3)17-13-9-5-7-11-15(13)18(20)16-12-8-6-10-14(16)17;1-4-15(2,3)13-9-5-8-12-11(13)7-6-10-14(12)16;1-4-15(2,3)13-7-5-12-10-14(16)8-6-11(12)9-13;1-4-15(2,3)12-8-9-13-11(10-12)6-5-7-14(13)16;1-4-15(2,3)12-9-11-7-5-6-8-13(11)14(16)10-12;1-4-11(2,3)10-8(13)5-7(12)6-9(10)14/h5-12,20H,4H2,1-3H3;4*5-10,16H,4H2,1-3H3;5-6,12-14H,4H2,1-3H3. The third kappa shape index (κ3) is 17.5. The summed E-state index contributed by atoms with van der Waals surface area (Å²) in [4.78, 5) is 0. The Kier molecular flexibility index (Phi) is 24.4. The van der Waals surface area contributed by atoms with Gasteiger partial charge in [0.1, 0.15) is 46.0 Å². The van der Waals surface area contributed by atoms with Crippen molar-refractivity contribution in [2.24, 2.45) is 0 Å². The second-order valence-corrected chi connectivity index (χ2v) is 30.0. The van der Waals surface area contributed by atoms with Crippen molar-refractivity contribution < 1.29 is 40.9 Å². The maximum Gasteiger partial charge on any atom is 0.131 e. The predicted molar refractivity (Wildman–Crippen MR) is 417 cm³/mol. The lowest BCUT2D eigenvalue weighted by Crippen LogP contribution is -2.16. The average molecular weight is 1320 g/mol. The van der Waals surface area contributed by atoms with Crippen LogP contribution in [0.2, 0.25) is 0 Å². The zero-order valence-electron chi connectivity index (χ0n) is 61.5. The molecular weight excluding hydrogens is 1210 g/mol. The van der Waals surface area contributed by atoms with E-state index in [4.69, 9.17) is 5.11 Å². The lowest BCUT2D eigenvalue weighted by atomic mass is 9.77. The molecule has 516 valence electrons. The number of phenolic OH excluding ortho intramolecular Hbond substituents is 8. The first-order chi connectivity index (χ1) is 46.1. The van der Waals surface area contributed by atoms with Crippen molar-refractivity contribution >= 4 is 64.6 Å². The number of aromatic hydroxyl groups is 8. The van der Waals surface area contributed by atoms with Crippen LogP contribution in [0.15, 0.2) is 206 Å². The summed E-state index contributed by atoms with van der Waals surface area (Å²) in [6.45, 7) is 39.3. The van der Waals surface area contributed by atoms with Crippen molar-refractivity contribution in [1.82, 2.24) is 0 Å². The van der Waals surface area contributed by atoms with Gasteiger partial charge in [-0.2, -0.15) is 0 Å². The molecule has 0 aliphatic carbocycles. The molecule has 0 saturated carbocycles. The molecule has 0 aliphatic rings. The molecule has 0 aromatic heterocycles. The van der Waals surface area contributed by atoms with Crippen LogP contribution >= 0.6 is 0 Å². The summed E-state index contributed by atoms with van der Waals surface area (Å²) < 4.78 is 0.